The van der Waals surface area contributed by atoms with Crippen LogP contribution in [0.2, 0.25) is 0 Å². The summed E-state index contributed by atoms with van der Waals surface area (Å²) in [5.74, 6) is 0. The van der Waals surface area contributed by atoms with Gasteiger partial charge in [0.05, 0.1) is 13.2 Å². The van der Waals surface area contributed by atoms with Gasteiger partial charge in [0, 0.05) is 0 Å². The minimum Gasteiger partial charge on any atom is -0.373 e. The first-order valence-corrected chi connectivity index (χ1v) is 5.98. The van der Waals surface area contributed by atoms with Gasteiger partial charge in [-0.3, -0.25) is 0 Å². The van der Waals surface area contributed by atoms with E-state index in [0.717, 1.165) is 0 Å². The molecule has 0 aliphatic carbocycles. The van der Waals surface area contributed by atoms with Crippen LogP contribution in [0.25, 0.3) is 16.8 Å². The second-order valence-electron chi connectivity index (χ2n) is 3.92. The fraction of sp³-hybridized carbons (Fsp3) is 0.118. The summed E-state index contributed by atoms with van der Waals surface area (Å²) in [5.41, 5.74) is 3.89. The lowest BCUT2D eigenvalue weighted by Crippen LogP contribution is -1.89. The van der Waals surface area contributed by atoms with E-state index in [9.17, 15) is 0 Å². The molecule has 0 aliphatic heterocycles. The predicted molar refractivity (Wildman–Crippen MR) is 77.5 cm³/mol. The maximum Gasteiger partial charge on any atom is 0.0725 e. The smallest absolute Gasteiger partial charge is 0.0725 e. The minimum atomic E-state index is 0.559. The number of ether oxygens (including phenoxy) is 1. The normalized spacial score (nSPS) is 10.7. The Morgan fingerprint density at radius 3 is 2.78 bits per heavy atom. The van der Waals surface area contributed by atoms with Crippen LogP contribution in [-0.4, -0.2) is 13.2 Å². The Bertz CT molecular complexity index is 584. The molecule has 0 spiro atoms. The Morgan fingerprint density at radius 2 is 1.89 bits per heavy atom. The van der Waals surface area contributed by atoms with Crippen LogP contribution in [0.4, 0.5) is 0 Å². The van der Waals surface area contributed by atoms with Gasteiger partial charge in [0.15, 0.2) is 0 Å². The summed E-state index contributed by atoms with van der Waals surface area (Å²) in [5, 5.41) is 2.53. The van der Waals surface area contributed by atoms with Crippen LogP contribution in [0, 0.1) is 0 Å². The number of hydrogen-bond donors (Lipinski definition) is 0. The maximum atomic E-state index is 5.36. The molecule has 0 aromatic heterocycles. The second-order valence-corrected chi connectivity index (χ2v) is 3.92. The van der Waals surface area contributed by atoms with Gasteiger partial charge >= 0.3 is 0 Å². The predicted octanol–water partition coefficient (Wildman–Crippen LogP) is 4.21. The van der Waals surface area contributed by atoms with E-state index in [4.69, 9.17) is 4.74 Å². The molecule has 0 bridgehead atoms. The van der Waals surface area contributed by atoms with Crippen molar-refractivity contribution < 1.29 is 4.74 Å². The van der Waals surface area contributed by atoms with Crippen molar-refractivity contribution in [1.82, 2.24) is 0 Å². The molecule has 0 atom stereocenters. The van der Waals surface area contributed by atoms with Crippen LogP contribution < -0.4 is 0 Å². The van der Waals surface area contributed by atoms with E-state index in [1.165, 1.54) is 16.3 Å². The highest BCUT2D eigenvalue weighted by molar-refractivity contribution is 5.90. The summed E-state index contributed by atoms with van der Waals surface area (Å²) in [6.45, 7) is 4.64. The van der Waals surface area contributed by atoms with Gasteiger partial charge in [0.2, 0.25) is 0 Å². The topological polar surface area (TPSA) is 9.23 Å². The standard InChI is InChI=1S/C17H16O/c1-2-3-13-18-14-7-11-16-10-6-9-15-8-4-5-12-17(15)16/h3-12H,1,13-14H2/b11-7+. The highest BCUT2D eigenvalue weighted by atomic mass is 16.5. The van der Waals surface area contributed by atoms with E-state index in [-0.39, 0.29) is 0 Å². The van der Waals surface area contributed by atoms with Crippen molar-refractivity contribution in [2.45, 2.75) is 0 Å². The van der Waals surface area contributed by atoms with Crippen molar-refractivity contribution >= 4 is 16.8 Å². The molecule has 18 heavy (non-hydrogen) atoms. The summed E-state index contributed by atoms with van der Waals surface area (Å²) in [6.07, 6.45) is 5.89. The van der Waals surface area contributed by atoms with Crippen molar-refractivity contribution in [3.05, 3.63) is 72.5 Å². The molecule has 0 radical (unpaired) electrons. The lowest BCUT2D eigenvalue weighted by atomic mass is 10.0. The summed E-state index contributed by atoms with van der Waals surface area (Å²) in [7, 11) is 0. The fourth-order valence-corrected chi connectivity index (χ4v) is 1.82. The third-order valence-corrected chi connectivity index (χ3v) is 2.68. The Hall–Kier alpha value is -2.08. The van der Waals surface area contributed by atoms with Gasteiger partial charge in [0.1, 0.15) is 0 Å². The van der Waals surface area contributed by atoms with Crippen molar-refractivity contribution in [3.63, 3.8) is 0 Å². The molecule has 2 aromatic carbocycles. The zero-order valence-electron chi connectivity index (χ0n) is 10.3. The lowest BCUT2D eigenvalue weighted by molar-refractivity contribution is 0.194. The van der Waals surface area contributed by atoms with E-state index in [0.29, 0.717) is 13.2 Å². The molecule has 90 valence electrons. The summed E-state index contributed by atoms with van der Waals surface area (Å²) >= 11 is 0. The van der Waals surface area contributed by atoms with Gasteiger partial charge in [-0.15, -0.1) is 5.73 Å². The van der Waals surface area contributed by atoms with Crippen LogP contribution in [-0.2, 0) is 4.74 Å². The first-order chi connectivity index (χ1) is 8.92. The van der Waals surface area contributed by atoms with Crippen LogP contribution in [0.1, 0.15) is 5.56 Å². The van der Waals surface area contributed by atoms with Gasteiger partial charge in [-0.2, -0.15) is 0 Å². The molecule has 0 heterocycles. The van der Waals surface area contributed by atoms with Gasteiger partial charge in [-0.1, -0.05) is 61.2 Å². The molecule has 0 saturated carbocycles. The zero-order chi connectivity index (χ0) is 12.6. The van der Waals surface area contributed by atoms with Crippen molar-refractivity contribution in [2.24, 2.45) is 0 Å². The molecule has 0 fully saturated rings. The molecule has 0 unspecified atom stereocenters. The van der Waals surface area contributed by atoms with E-state index in [1.54, 1.807) is 6.08 Å². The van der Waals surface area contributed by atoms with Crippen molar-refractivity contribution in [3.8, 4) is 0 Å². The SMILES string of the molecule is C=C=CCOC/C=C/c1cccc2ccccc12. The van der Waals surface area contributed by atoms with E-state index in [2.05, 4.69) is 60.9 Å². The average Bonchev–Trinajstić information content (AvgIpc) is 2.43. The van der Waals surface area contributed by atoms with Gasteiger partial charge < -0.3 is 4.74 Å². The van der Waals surface area contributed by atoms with Crippen molar-refractivity contribution in [1.29, 1.82) is 0 Å². The third kappa shape index (κ3) is 3.21. The Balaban J connectivity index is 2.07. The maximum absolute atomic E-state index is 5.36. The molecule has 1 heteroatoms. The number of hydrogen-bond acceptors (Lipinski definition) is 1. The Kier molecular flexibility index (Phi) is 4.54. The van der Waals surface area contributed by atoms with Crippen LogP contribution >= 0.6 is 0 Å². The van der Waals surface area contributed by atoms with Crippen LogP contribution in [0.3, 0.4) is 0 Å². The van der Waals surface area contributed by atoms with Gasteiger partial charge in [0.25, 0.3) is 0 Å². The van der Waals surface area contributed by atoms with Crippen molar-refractivity contribution in [2.75, 3.05) is 13.2 Å². The Morgan fingerprint density at radius 1 is 1.06 bits per heavy atom. The zero-order valence-corrected chi connectivity index (χ0v) is 10.3. The summed E-state index contributed by atoms with van der Waals surface area (Å²) in [4.78, 5) is 0. The van der Waals surface area contributed by atoms with Crippen LogP contribution in [0.5, 0.6) is 0 Å². The molecular formula is C17H16O. The monoisotopic (exact) mass is 236 g/mol. The summed E-state index contributed by atoms with van der Waals surface area (Å²) in [6, 6.07) is 14.7. The van der Waals surface area contributed by atoms with Gasteiger partial charge in [-0.25, -0.2) is 0 Å². The molecule has 2 aromatic rings. The largest absolute Gasteiger partial charge is 0.373 e. The first kappa shape index (κ1) is 12.4. The number of benzene rings is 2. The van der Waals surface area contributed by atoms with E-state index < -0.39 is 0 Å². The number of rotatable bonds is 5. The highest BCUT2D eigenvalue weighted by Gasteiger charge is 1.95. The molecule has 2 rings (SSSR count). The third-order valence-electron chi connectivity index (χ3n) is 2.68. The molecule has 0 aliphatic rings. The minimum absolute atomic E-state index is 0.559. The molecule has 1 nitrogen and oxygen atoms in total. The quantitative estimate of drug-likeness (QED) is 0.558. The average molecular weight is 236 g/mol. The molecule has 0 N–H and O–H groups in total. The summed E-state index contributed by atoms with van der Waals surface area (Å²) < 4.78 is 5.36. The number of fused-ring (bicyclic) bond motifs is 1. The van der Waals surface area contributed by atoms with E-state index >= 15 is 0 Å². The molecule has 0 saturated heterocycles. The fourth-order valence-electron chi connectivity index (χ4n) is 1.82. The van der Waals surface area contributed by atoms with Crippen LogP contribution in [0.15, 0.2) is 66.9 Å². The highest BCUT2D eigenvalue weighted by Crippen LogP contribution is 2.19. The Labute approximate surface area is 108 Å². The second kappa shape index (κ2) is 6.61. The molecule has 0 amide bonds. The molecular weight excluding hydrogens is 220 g/mol. The van der Waals surface area contributed by atoms with E-state index in [1.807, 2.05) is 6.08 Å². The first-order valence-electron chi connectivity index (χ1n) is 5.98. The lowest BCUT2D eigenvalue weighted by Gasteiger charge is -2.01. The van der Waals surface area contributed by atoms with Gasteiger partial charge in [-0.05, 0) is 22.4 Å².